The number of carbonyl (C=O) groups excluding carboxylic acids is 1. The highest BCUT2D eigenvalue weighted by atomic mass is 16.1. The number of hydrogen-bond donors (Lipinski definition) is 4. The summed E-state index contributed by atoms with van der Waals surface area (Å²) >= 11 is 0. The fourth-order valence-electron chi connectivity index (χ4n) is 2.91. The molecule has 2 aromatic heterocycles. The first-order valence-electron chi connectivity index (χ1n) is 7.20. The average molecular weight is 288 g/mol. The van der Waals surface area contributed by atoms with E-state index in [1.165, 1.54) is 0 Å². The molecule has 1 saturated heterocycles. The zero-order chi connectivity index (χ0) is 15.0. The second-order valence-electron chi connectivity index (χ2n) is 5.52. The number of nitrogens with zero attached hydrogens (tertiary/aromatic N) is 2. The number of carbonyl (C=O) groups is 1. The summed E-state index contributed by atoms with van der Waals surface area (Å²) in [6.45, 7) is 5.60. The summed E-state index contributed by atoms with van der Waals surface area (Å²) in [4.78, 5) is 23.7. The van der Waals surface area contributed by atoms with Gasteiger partial charge in [-0.15, -0.1) is 0 Å². The summed E-state index contributed by atoms with van der Waals surface area (Å²) in [7, 11) is 0. The molecule has 1 unspecified atom stereocenters. The predicted molar refractivity (Wildman–Crippen MR) is 81.4 cm³/mol. The molecule has 0 radical (unpaired) electrons. The van der Waals surface area contributed by atoms with Gasteiger partial charge in [-0.05, 0) is 33.2 Å². The molecule has 0 saturated carbocycles. The van der Waals surface area contributed by atoms with Crippen LogP contribution in [0.5, 0.6) is 0 Å². The van der Waals surface area contributed by atoms with Gasteiger partial charge in [-0.25, -0.2) is 9.97 Å². The van der Waals surface area contributed by atoms with Crippen LogP contribution >= 0.6 is 0 Å². The molecule has 1 aliphatic heterocycles. The van der Waals surface area contributed by atoms with E-state index in [4.69, 9.17) is 5.73 Å². The van der Waals surface area contributed by atoms with E-state index in [0.717, 1.165) is 31.6 Å². The zero-order valence-electron chi connectivity index (χ0n) is 12.3. The molecule has 1 aliphatic rings. The van der Waals surface area contributed by atoms with Crippen molar-refractivity contribution in [2.75, 3.05) is 18.4 Å². The number of aromatic amines is 1. The van der Waals surface area contributed by atoms with E-state index in [-0.39, 0.29) is 0 Å². The molecule has 0 aliphatic carbocycles. The second-order valence-corrected chi connectivity index (χ2v) is 5.52. The van der Waals surface area contributed by atoms with Gasteiger partial charge in [0.25, 0.3) is 5.91 Å². The van der Waals surface area contributed by atoms with Gasteiger partial charge in [0.1, 0.15) is 17.3 Å². The van der Waals surface area contributed by atoms with Crippen molar-refractivity contribution in [3.63, 3.8) is 0 Å². The Morgan fingerprint density at radius 3 is 2.86 bits per heavy atom. The Labute approximate surface area is 122 Å². The molecule has 112 valence electrons. The first kappa shape index (κ1) is 13.8. The molecule has 1 amide bonds. The van der Waals surface area contributed by atoms with Crippen LogP contribution in [-0.2, 0) is 0 Å². The summed E-state index contributed by atoms with van der Waals surface area (Å²) < 4.78 is 0. The number of fused-ring (bicyclic) bond motifs is 1. The van der Waals surface area contributed by atoms with Crippen LogP contribution in [0.4, 0.5) is 5.82 Å². The van der Waals surface area contributed by atoms with E-state index in [9.17, 15) is 4.79 Å². The quantitative estimate of drug-likeness (QED) is 0.669. The molecule has 0 bridgehead atoms. The summed E-state index contributed by atoms with van der Waals surface area (Å²) in [6, 6.07) is 0.298. The highest BCUT2D eigenvalue weighted by Crippen LogP contribution is 2.27. The third-order valence-corrected chi connectivity index (χ3v) is 3.84. The molecule has 3 rings (SSSR count). The van der Waals surface area contributed by atoms with Crippen molar-refractivity contribution >= 4 is 22.8 Å². The van der Waals surface area contributed by atoms with E-state index >= 15 is 0 Å². The number of primary amides is 1. The molecule has 5 N–H and O–H groups in total. The largest absolute Gasteiger partial charge is 0.366 e. The van der Waals surface area contributed by atoms with E-state index in [1.54, 1.807) is 0 Å². The smallest absolute Gasteiger partial charge is 0.251 e. The molecular formula is C14H20N6O. The maximum atomic E-state index is 11.7. The highest BCUT2D eigenvalue weighted by molar-refractivity contribution is 6.10. The molecule has 0 aromatic carbocycles. The Balaban J connectivity index is 2.08. The number of piperidine rings is 1. The Kier molecular flexibility index (Phi) is 3.50. The Hall–Kier alpha value is -2.15. The molecule has 1 fully saturated rings. The third-order valence-electron chi connectivity index (χ3n) is 3.84. The van der Waals surface area contributed by atoms with Crippen molar-refractivity contribution in [2.24, 2.45) is 5.73 Å². The molecule has 21 heavy (non-hydrogen) atoms. The van der Waals surface area contributed by atoms with Gasteiger partial charge in [-0.1, -0.05) is 0 Å². The standard InChI is InChI=1S/C14H20N6O/c1-7-10(12(15)21)11-13(17-7)18-8(2)19-14(11)20-9-4-3-5-16-6-9/h9,16H,3-6H2,1-2H3,(H2,15,21)(H2,17,18,19,20). The summed E-state index contributed by atoms with van der Waals surface area (Å²) in [6.07, 6.45) is 2.20. The molecule has 7 heteroatoms. The van der Waals surface area contributed by atoms with Gasteiger partial charge < -0.3 is 21.4 Å². The van der Waals surface area contributed by atoms with Gasteiger partial charge in [0.15, 0.2) is 0 Å². The number of H-pyrrole nitrogens is 1. The van der Waals surface area contributed by atoms with Crippen molar-refractivity contribution in [1.29, 1.82) is 0 Å². The zero-order valence-corrected chi connectivity index (χ0v) is 12.3. The lowest BCUT2D eigenvalue weighted by atomic mass is 10.1. The van der Waals surface area contributed by atoms with Gasteiger partial charge >= 0.3 is 0 Å². The minimum Gasteiger partial charge on any atom is -0.366 e. The monoisotopic (exact) mass is 288 g/mol. The number of rotatable bonds is 3. The van der Waals surface area contributed by atoms with Crippen molar-refractivity contribution in [3.8, 4) is 0 Å². The predicted octanol–water partition coefficient (Wildman–Crippen LogP) is 0.838. The SMILES string of the molecule is Cc1nc(NC2CCCNC2)c2c(C(N)=O)c(C)[nH]c2n1. The third kappa shape index (κ3) is 2.56. The molecule has 0 spiro atoms. The van der Waals surface area contributed by atoms with Crippen LogP contribution in [-0.4, -0.2) is 40.0 Å². The van der Waals surface area contributed by atoms with Gasteiger partial charge in [0.05, 0.1) is 10.9 Å². The number of hydrogen-bond acceptors (Lipinski definition) is 5. The minimum atomic E-state index is -0.462. The summed E-state index contributed by atoms with van der Waals surface area (Å²) in [5, 5.41) is 7.48. The van der Waals surface area contributed by atoms with E-state index in [0.29, 0.717) is 34.3 Å². The van der Waals surface area contributed by atoms with E-state index < -0.39 is 5.91 Å². The lowest BCUT2D eigenvalue weighted by molar-refractivity contribution is 0.100. The molecule has 2 aromatic rings. The number of aromatic nitrogens is 3. The molecule has 1 atom stereocenters. The normalized spacial score (nSPS) is 18.9. The van der Waals surface area contributed by atoms with Gasteiger partial charge in [-0.2, -0.15) is 0 Å². The number of nitrogens with two attached hydrogens (primary N) is 1. The first-order valence-corrected chi connectivity index (χ1v) is 7.20. The molecular weight excluding hydrogens is 268 g/mol. The summed E-state index contributed by atoms with van der Waals surface area (Å²) in [5.41, 5.74) is 7.36. The fraction of sp³-hybridized carbons (Fsp3) is 0.500. The first-order chi connectivity index (χ1) is 10.1. The van der Waals surface area contributed by atoms with Gasteiger partial charge in [-0.3, -0.25) is 4.79 Å². The molecule has 3 heterocycles. The summed E-state index contributed by atoms with van der Waals surface area (Å²) in [5.74, 6) is 0.881. The van der Waals surface area contributed by atoms with Gasteiger partial charge in [0.2, 0.25) is 0 Å². The van der Waals surface area contributed by atoms with Crippen molar-refractivity contribution in [2.45, 2.75) is 32.7 Å². The number of nitrogens with one attached hydrogen (secondary N) is 3. The van der Waals surface area contributed by atoms with E-state index in [1.807, 2.05) is 13.8 Å². The highest BCUT2D eigenvalue weighted by Gasteiger charge is 2.21. The van der Waals surface area contributed by atoms with Crippen LogP contribution in [0.1, 0.15) is 34.7 Å². The maximum absolute atomic E-state index is 11.7. The number of amides is 1. The lowest BCUT2D eigenvalue weighted by Gasteiger charge is -2.24. The Bertz CT molecular complexity index is 686. The maximum Gasteiger partial charge on any atom is 0.251 e. The van der Waals surface area contributed by atoms with E-state index in [2.05, 4.69) is 25.6 Å². The number of anilines is 1. The van der Waals surface area contributed by atoms with Crippen molar-refractivity contribution < 1.29 is 4.79 Å². The number of aryl methyl sites for hydroxylation is 2. The minimum absolute atomic E-state index is 0.298. The van der Waals surface area contributed by atoms with Crippen LogP contribution in [0, 0.1) is 13.8 Å². The topological polar surface area (TPSA) is 109 Å². The van der Waals surface area contributed by atoms with Crippen molar-refractivity contribution in [1.82, 2.24) is 20.3 Å². The second kappa shape index (κ2) is 5.33. The Morgan fingerprint density at radius 1 is 1.38 bits per heavy atom. The van der Waals surface area contributed by atoms with Gasteiger partial charge in [0, 0.05) is 18.3 Å². The van der Waals surface area contributed by atoms with Crippen LogP contribution in [0.2, 0.25) is 0 Å². The van der Waals surface area contributed by atoms with Crippen LogP contribution in [0.25, 0.3) is 11.0 Å². The van der Waals surface area contributed by atoms with Crippen LogP contribution in [0.15, 0.2) is 0 Å². The Morgan fingerprint density at radius 2 is 2.19 bits per heavy atom. The van der Waals surface area contributed by atoms with Crippen LogP contribution < -0.4 is 16.4 Å². The molecule has 7 nitrogen and oxygen atoms in total. The lowest BCUT2D eigenvalue weighted by Crippen LogP contribution is -2.38. The van der Waals surface area contributed by atoms with Crippen molar-refractivity contribution in [3.05, 3.63) is 17.1 Å². The average Bonchev–Trinajstić information content (AvgIpc) is 2.76. The van der Waals surface area contributed by atoms with Crippen LogP contribution in [0.3, 0.4) is 0 Å². The fourth-order valence-corrected chi connectivity index (χ4v) is 2.91.